The van der Waals surface area contributed by atoms with E-state index in [-0.39, 0.29) is 12.2 Å². The number of thioether (sulfide) groups is 1. The molecule has 1 aliphatic heterocycles. The van der Waals surface area contributed by atoms with Crippen LogP contribution in [-0.2, 0) is 6.42 Å². The van der Waals surface area contributed by atoms with Crippen LogP contribution in [0.25, 0.3) is 4.91 Å². The molecule has 3 atom stereocenters. The average Bonchev–Trinajstić information content (AvgIpc) is 3.25. The van der Waals surface area contributed by atoms with Gasteiger partial charge in [0, 0.05) is 10.2 Å². The third-order valence-corrected chi connectivity index (χ3v) is 7.04. The van der Waals surface area contributed by atoms with Crippen LogP contribution in [0.3, 0.4) is 0 Å². The summed E-state index contributed by atoms with van der Waals surface area (Å²) < 4.78 is 5.75. The summed E-state index contributed by atoms with van der Waals surface area (Å²) in [5.41, 5.74) is 5.42. The van der Waals surface area contributed by atoms with Gasteiger partial charge in [-0.15, -0.1) is 11.8 Å². The van der Waals surface area contributed by atoms with Gasteiger partial charge in [-0.1, -0.05) is 37.3 Å². The molecule has 0 radical (unpaired) electrons. The van der Waals surface area contributed by atoms with Gasteiger partial charge >= 0.3 is 0 Å². The quantitative estimate of drug-likeness (QED) is 0.717. The zero-order valence-electron chi connectivity index (χ0n) is 16.5. The summed E-state index contributed by atoms with van der Waals surface area (Å²) in [7, 11) is 0. The number of nitrogens with zero attached hydrogens (tertiary/aromatic N) is 1. The van der Waals surface area contributed by atoms with Gasteiger partial charge < -0.3 is 9.84 Å². The largest absolute Gasteiger partial charge is 0.490 e. The predicted molar refractivity (Wildman–Crippen MR) is 114 cm³/mol. The van der Waals surface area contributed by atoms with Crippen molar-refractivity contribution in [2.45, 2.75) is 51.1 Å². The molecule has 144 valence electrons. The molecule has 1 N–H and O–H groups in total. The first kappa shape index (κ1) is 19.1. The number of hydrogen-bond donors (Lipinski definition) is 1. The second-order valence-electron chi connectivity index (χ2n) is 7.89. The van der Waals surface area contributed by atoms with E-state index in [1.54, 1.807) is 0 Å². The van der Waals surface area contributed by atoms with E-state index in [2.05, 4.69) is 37.3 Å². The summed E-state index contributed by atoms with van der Waals surface area (Å²) >= 11 is 1.86. The Labute approximate surface area is 171 Å². The van der Waals surface area contributed by atoms with Crippen molar-refractivity contribution >= 4 is 16.7 Å². The number of allylic oxidation sites excluding steroid dienone is 1. The molecule has 0 amide bonds. The van der Waals surface area contributed by atoms with E-state index < -0.39 is 0 Å². The molecule has 4 rings (SSSR count). The van der Waals surface area contributed by atoms with Crippen molar-refractivity contribution in [2.75, 3.05) is 0 Å². The number of ether oxygens (including phenoxy) is 1. The summed E-state index contributed by atoms with van der Waals surface area (Å²) in [6.45, 7) is 6.18. The van der Waals surface area contributed by atoms with Gasteiger partial charge in [-0.2, -0.15) is 5.26 Å². The minimum atomic E-state index is -0.323. The minimum Gasteiger partial charge on any atom is -0.490 e. The number of benzene rings is 2. The van der Waals surface area contributed by atoms with E-state index in [1.807, 2.05) is 43.8 Å². The van der Waals surface area contributed by atoms with Crippen LogP contribution in [0.15, 0.2) is 42.5 Å². The molecule has 0 spiro atoms. The molecule has 1 aliphatic carbocycles. The highest BCUT2D eigenvalue weighted by Crippen LogP contribution is 2.53. The number of hydrogen-bond acceptors (Lipinski definition) is 4. The molecule has 3 nitrogen and oxygen atoms in total. The molecular formula is C24H25NO2S. The Morgan fingerprint density at radius 2 is 2.00 bits per heavy atom. The fourth-order valence-electron chi connectivity index (χ4n) is 4.18. The van der Waals surface area contributed by atoms with Crippen LogP contribution in [-0.4, -0.2) is 11.2 Å². The SMILES string of the molecule is CC(C)Oc1ccc(C2=C[C@H](C)C(c3cccc4c3CCC4O)S2)cc1C#N. The minimum absolute atomic E-state index is 0.0398. The van der Waals surface area contributed by atoms with E-state index in [4.69, 9.17) is 4.74 Å². The van der Waals surface area contributed by atoms with Crippen LogP contribution in [0.5, 0.6) is 5.75 Å². The van der Waals surface area contributed by atoms with Crippen molar-refractivity contribution in [3.63, 3.8) is 0 Å². The van der Waals surface area contributed by atoms with E-state index >= 15 is 0 Å². The lowest BCUT2D eigenvalue weighted by atomic mass is 9.93. The Hall–Kier alpha value is -2.22. The molecular weight excluding hydrogens is 366 g/mol. The Morgan fingerprint density at radius 3 is 2.75 bits per heavy atom. The van der Waals surface area contributed by atoms with Crippen LogP contribution < -0.4 is 4.74 Å². The number of aliphatic hydroxyl groups excluding tert-OH is 1. The molecule has 1 heterocycles. The molecule has 0 saturated carbocycles. The van der Waals surface area contributed by atoms with Gasteiger partial charge in [-0.05, 0) is 67.0 Å². The van der Waals surface area contributed by atoms with Gasteiger partial charge in [-0.3, -0.25) is 0 Å². The zero-order chi connectivity index (χ0) is 19.8. The molecule has 28 heavy (non-hydrogen) atoms. The fourth-order valence-corrected chi connectivity index (χ4v) is 5.65. The molecule has 2 unspecified atom stereocenters. The van der Waals surface area contributed by atoms with Gasteiger partial charge in [0.2, 0.25) is 0 Å². The normalized spacial score (nSPS) is 23.4. The van der Waals surface area contributed by atoms with Gasteiger partial charge in [0.25, 0.3) is 0 Å². The molecule has 2 aliphatic rings. The lowest BCUT2D eigenvalue weighted by Crippen LogP contribution is -2.06. The van der Waals surface area contributed by atoms with Crippen LogP contribution in [0, 0.1) is 17.2 Å². The van der Waals surface area contributed by atoms with Crippen LogP contribution in [0.4, 0.5) is 0 Å². The Balaban J connectivity index is 1.62. The van der Waals surface area contributed by atoms with Gasteiger partial charge in [0.15, 0.2) is 0 Å². The van der Waals surface area contributed by atoms with Crippen LogP contribution in [0.2, 0.25) is 0 Å². The molecule has 2 aromatic rings. The van der Waals surface area contributed by atoms with E-state index in [0.29, 0.717) is 22.5 Å². The van der Waals surface area contributed by atoms with Crippen molar-refractivity contribution in [3.8, 4) is 11.8 Å². The highest BCUT2D eigenvalue weighted by Gasteiger charge is 2.32. The topological polar surface area (TPSA) is 53.2 Å². The molecule has 0 fully saturated rings. The second-order valence-corrected chi connectivity index (χ2v) is 9.07. The third-order valence-electron chi connectivity index (χ3n) is 5.47. The van der Waals surface area contributed by atoms with Crippen molar-refractivity contribution in [2.24, 2.45) is 5.92 Å². The summed E-state index contributed by atoms with van der Waals surface area (Å²) in [4.78, 5) is 1.21. The number of fused-ring (bicyclic) bond motifs is 1. The molecule has 0 saturated heterocycles. The van der Waals surface area contributed by atoms with Crippen LogP contribution >= 0.6 is 11.8 Å². The summed E-state index contributed by atoms with van der Waals surface area (Å²) in [6.07, 6.45) is 3.79. The number of rotatable bonds is 4. The monoisotopic (exact) mass is 391 g/mol. The summed E-state index contributed by atoms with van der Waals surface area (Å²) in [6, 6.07) is 14.5. The highest BCUT2D eigenvalue weighted by atomic mass is 32.2. The first-order valence-electron chi connectivity index (χ1n) is 9.87. The predicted octanol–water partition coefficient (Wildman–Crippen LogP) is 5.79. The number of aliphatic hydroxyl groups is 1. The summed E-state index contributed by atoms with van der Waals surface area (Å²) in [5, 5.41) is 20.1. The van der Waals surface area contributed by atoms with E-state index in [0.717, 1.165) is 24.0 Å². The van der Waals surface area contributed by atoms with Crippen molar-refractivity contribution < 1.29 is 9.84 Å². The Morgan fingerprint density at radius 1 is 1.21 bits per heavy atom. The van der Waals surface area contributed by atoms with Crippen molar-refractivity contribution in [1.82, 2.24) is 0 Å². The zero-order valence-corrected chi connectivity index (χ0v) is 17.3. The standard InChI is InChI=1S/C24H25NO2S/c1-14(2)27-22-10-7-16(12-17(22)13-25)23-11-15(3)24(28-23)20-6-4-5-19-18(20)8-9-21(19)26/h4-7,10-12,14-15,21,24,26H,8-9H2,1-3H3/t15-,21?,24?/m0/s1. The van der Waals surface area contributed by atoms with E-state index in [9.17, 15) is 10.4 Å². The Kier molecular flexibility index (Phi) is 5.23. The summed E-state index contributed by atoms with van der Waals surface area (Å²) in [5.74, 6) is 1.03. The molecule has 4 heteroatoms. The first-order valence-corrected chi connectivity index (χ1v) is 10.7. The molecule has 2 aromatic carbocycles. The van der Waals surface area contributed by atoms with Crippen LogP contribution in [0.1, 0.15) is 66.4 Å². The smallest absolute Gasteiger partial charge is 0.137 e. The van der Waals surface area contributed by atoms with E-state index in [1.165, 1.54) is 16.0 Å². The Bertz CT molecular complexity index is 973. The lowest BCUT2D eigenvalue weighted by molar-refractivity contribution is 0.180. The lowest BCUT2D eigenvalue weighted by Gasteiger charge is -2.19. The molecule has 0 bridgehead atoms. The maximum atomic E-state index is 10.2. The second kappa shape index (κ2) is 7.66. The third kappa shape index (κ3) is 3.45. The maximum absolute atomic E-state index is 10.2. The van der Waals surface area contributed by atoms with Crippen molar-refractivity contribution in [3.05, 3.63) is 70.3 Å². The van der Waals surface area contributed by atoms with Gasteiger partial charge in [-0.25, -0.2) is 0 Å². The number of nitriles is 1. The average molecular weight is 392 g/mol. The molecule has 0 aromatic heterocycles. The highest BCUT2D eigenvalue weighted by molar-refractivity contribution is 8.08. The van der Waals surface area contributed by atoms with Crippen molar-refractivity contribution in [1.29, 1.82) is 5.26 Å². The van der Waals surface area contributed by atoms with Gasteiger partial charge in [0.1, 0.15) is 11.8 Å². The fraction of sp³-hybridized carbons (Fsp3) is 0.375. The van der Waals surface area contributed by atoms with Gasteiger partial charge in [0.05, 0.1) is 17.8 Å². The maximum Gasteiger partial charge on any atom is 0.137 e. The first-order chi connectivity index (χ1) is 13.5.